The highest BCUT2D eigenvalue weighted by Gasteiger charge is 2.25. The molecule has 2 N–H and O–H groups in total. The fraction of sp³-hybridized carbons (Fsp3) is 0.556. The molecule has 184 valence electrons. The topological polar surface area (TPSA) is 69.7 Å². The van der Waals surface area contributed by atoms with Gasteiger partial charge in [-0.1, -0.05) is 19.4 Å². The number of amides is 2. The molecule has 3 heterocycles. The zero-order chi connectivity index (χ0) is 24.3. The quantitative estimate of drug-likeness (QED) is 0.621. The van der Waals surface area contributed by atoms with Gasteiger partial charge in [0, 0.05) is 37.4 Å². The van der Waals surface area contributed by atoms with E-state index in [2.05, 4.69) is 74.4 Å². The fourth-order valence-electron chi connectivity index (χ4n) is 4.64. The van der Waals surface area contributed by atoms with Crippen molar-refractivity contribution in [2.75, 3.05) is 54.9 Å². The zero-order valence-electron chi connectivity index (χ0n) is 21.3. The van der Waals surface area contributed by atoms with Gasteiger partial charge in [-0.25, -0.2) is 9.78 Å². The Bertz CT molecular complexity index is 1010. The number of rotatable bonds is 5. The number of nitrogens with zero attached hydrogens (tertiary/aromatic N) is 3. The third-order valence-electron chi connectivity index (χ3n) is 6.60. The number of hydrogen-bond donors (Lipinski definition) is 2. The Hall–Kier alpha value is -2.80. The van der Waals surface area contributed by atoms with E-state index in [0.29, 0.717) is 19.1 Å². The van der Waals surface area contributed by atoms with Crippen molar-refractivity contribution in [3.05, 3.63) is 35.9 Å². The van der Waals surface area contributed by atoms with Crippen LogP contribution in [0.2, 0.25) is 0 Å². The summed E-state index contributed by atoms with van der Waals surface area (Å²) in [6, 6.07) is 10.4. The monoisotopic (exact) mass is 465 g/mol. The summed E-state index contributed by atoms with van der Waals surface area (Å²) in [6.45, 7) is 15.5. The predicted molar refractivity (Wildman–Crippen MR) is 140 cm³/mol. The molecule has 1 aromatic heterocycles. The Morgan fingerprint density at radius 2 is 1.91 bits per heavy atom. The first-order chi connectivity index (χ1) is 16.2. The van der Waals surface area contributed by atoms with Crippen molar-refractivity contribution < 1.29 is 9.53 Å². The molecule has 1 atom stereocenters. The number of carbonyl (C=O) groups excluding carboxylic acids is 1. The molecular formula is C27H39N5O2. The maximum atomic E-state index is 12.9. The zero-order valence-corrected chi connectivity index (χ0v) is 21.3. The number of likely N-dealkylation sites (tertiary alicyclic amines) is 1. The Balaban J connectivity index is 1.63. The predicted octanol–water partition coefficient (Wildman–Crippen LogP) is 5.37. The minimum Gasteiger partial charge on any atom is -0.378 e. The summed E-state index contributed by atoms with van der Waals surface area (Å²) < 4.78 is 5.55. The summed E-state index contributed by atoms with van der Waals surface area (Å²) in [6.07, 6.45) is 2.21. The Labute approximate surface area is 203 Å². The van der Waals surface area contributed by atoms with E-state index in [1.54, 1.807) is 0 Å². The van der Waals surface area contributed by atoms with Gasteiger partial charge in [0.15, 0.2) is 0 Å². The number of hydrogen-bond acceptors (Lipinski definition) is 5. The van der Waals surface area contributed by atoms with Crippen LogP contribution in [0.3, 0.4) is 0 Å². The van der Waals surface area contributed by atoms with Crippen LogP contribution in [0, 0.1) is 12.8 Å². The molecule has 34 heavy (non-hydrogen) atoms. The summed E-state index contributed by atoms with van der Waals surface area (Å²) >= 11 is 0. The molecule has 0 unspecified atom stereocenters. The number of anilines is 3. The van der Waals surface area contributed by atoms with Crippen molar-refractivity contribution in [3.63, 3.8) is 0 Å². The Kier molecular flexibility index (Phi) is 7.31. The van der Waals surface area contributed by atoms with Gasteiger partial charge in [0.1, 0.15) is 11.6 Å². The molecular weight excluding hydrogens is 426 g/mol. The van der Waals surface area contributed by atoms with Crippen LogP contribution >= 0.6 is 0 Å². The largest absolute Gasteiger partial charge is 0.378 e. The van der Waals surface area contributed by atoms with E-state index in [1.165, 1.54) is 0 Å². The van der Waals surface area contributed by atoms with E-state index in [-0.39, 0.29) is 11.6 Å². The van der Waals surface area contributed by atoms with Gasteiger partial charge in [-0.05, 0) is 81.0 Å². The van der Waals surface area contributed by atoms with Crippen LogP contribution in [0.1, 0.15) is 46.1 Å². The lowest BCUT2D eigenvalue weighted by atomic mass is 9.99. The van der Waals surface area contributed by atoms with E-state index < -0.39 is 0 Å². The molecule has 1 aromatic carbocycles. The van der Waals surface area contributed by atoms with E-state index >= 15 is 0 Å². The molecule has 0 spiro atoms. The number of benzene rings is 1. The highest BCUT2D eigenvalue weighted by molar-refractivity contribution is 5.91. The number of morpholine rings is 1. The van der Waals surface area contributed by atoms with Crippen molar-refractivity contribution in [2.45, 2.75) is 53.0 Å². The molecule has 0 saturated carbocycles. The molecule has 7 nitrogen and oxygen atoms in total. The van der Waals surface area contributed by atoms with Crippen LogP contribution in [0.25, 0.3) is 11.1 Å². The summed E-state index contributed by atoms with van der Waals surface area (Å²) in [5.41, 5.74) is 4.06. The number of aromatic nitrogens is 1. The van der Waals surface area contributed by atoms with Crippen LogP contribution in [-0.4, -0.2) is 60.8 Å². The van der Waals surface area contributed by atoms with E-state index in [1.807, 2.05) is 11.0 Å². The Morgan fingerprint density at radius 3 is 2.59 bits per heavy atom. The van der Waals surface area contributed by atoms with Crippen LogP contribution < -0.4 is 15.5 Å². The lowest BCUT2D eigenvalue weighted by Crippen LogP contribution is -2.37. The van der Waals surface area contributed by atoms with Gasteiger partial charge in [-0.3, -0.25) is 0 Å². The van der Waals surface area contributed by atoms with Crippen LogP contribution in [-0.2, 0) is 4.74 Å². The van der Waals surface area contributed by atoms with Crippen molar-refractivity contribution in [1.82, 2.24) is 9.88 Å². The first-order valence-electron chi connectivity index (χ1n) is 12.5. The maximum Gasteiger partial charge on any atom is 0.321 e. The van der Waals surface area contributed by atoms with Crippen molar-refractivity contribution in [2.24, 2.45) is 5.92 Å². The molecule has 0 aliphatic carbocycles. The van der Waals surface area contributed by atoms with Crippen molar-refractivity contribution >= 4 is 23.4 Å². The van der Waals surface area contributed by atoms with Gasteiger partial charge in [0.05, 0.1) is 13.2 Å². The minimum absolute atomic E-state index is 0.00965. The van der Waals surface area contributed by atoms with Crippen molar-refractivity contribution in [3.8, 4) is 11.1 Å². The lowest BCUT2D eigenvalue weighted by molar-refractivity contribution is 0.122. The minimum atomic E-state index is -0.106. The number of ether oxygens (including phenoxy) is 1. The molecule has 2 saturated heterocycles. The molecule has 2 aromatic rings. The number of pyridine rings is 1. The molecule has 7 heteroatoms. The van der Waals surface area contributed by atoms with E-state index in [0.717, 1.165) is 73.0 Å². The summed E-state index contributed by atoms with van der Waals surface area (Å²) in [5, 5.41) is 6.66. The lowest BCUT2D eigenvalue weighted by Gasteiger charge is -2.29. The van der Waals surface area contributed by atoms with E-state index in [9.17, 15) is 4.79 Å². The molecule has 2 aliphatic rings. The van der Waals surface area contributed by atoms with Crippen LogP contribution in [0.5, 0.6) is 0 Å². The van der Waals surface area contributed by atoms with Gasteiger partial charge in [0.2, 0.25) is 0 Å². The number of carbonyl (C=O) groups is 1. The highest BCUT2D eigenvalue weighted by atomic mass is 16.5. The summed E-state index contributed by atoms with van der Waals surface area (Å²) in [5.74, 6) is 2.41. The maximum absolute atomic E-state index is 12.9. The average molecular weight is 466 g/mol. The van der Waals surface area contributed by atoms with Crippen LogP contribution in [0.4, 0.5) is 22.1 Å². The van der Waals surface area contributed by atoms with Crippen molar-refractivity contribution in [1.29, 1.82) is 0 Å². The Morgan fingerprint density at radius 1 is 1.15 bits per heavy atom. The second kappa shape index (κ2) is 10.2. The van der Waals surface area contributed by atoms with Gasteiger partial charge >= 0.3 is 6.03 Å². The first kappa shape index (κ1) is 24.3. The number of aryl methyl sites for hydroxylation is 1. The smallest absolute Gasteiger partial charge is 0.321 e. The number of nitrogens with one attached hydrogen (secondary N) is 2. The fourth-order valence-corrected chi connectivity index (χ4v) is 4.64. The SMILES string of the molecule is CC[C@@H]1CCN(C(=O)Nc2ccc(C)c(-c3cc(NC(C)(C)C)nc(N4CCOCC4)c3)c2)C1. The van der Waals surface area contributed by atoms with Crippen LogP contribution in [0.15, 0.2) is 30.3 Å². The standard InChI is InChI=1S/C27H39N5O2/c1-6-20-9-10-32(18-20)26(33)28-22-8-7-19(2)23(17-22)21-15-24(30-27(3,4)5)29-25(16-21)31-11-13-34-14-12-31/h7-8,15-17,20H,6,9-14,18H2,1-5H3,(H,28,33)(H,29,30)/t20-/m1/s1. The average Bonchev–Trinajstić information content (AvgIpc) is 3.29. The van der Waals surface area contributed by atoms with E-state index in [4.69, 9.17) is 9.72 Å². The van der Waals surface area contributed by atoms with Gasteiger partial charge in [0.25, 0.3) is 0 Å². The van der Waals surface area contributed by atoms with Gasteiger partial charge < -0.3 is 25.2 Å². The van der Waals surface area contributed by atoms with Gasteiger partial charge in [-0.15, -0.1) is 0 Å². The second-order valence-corrected chi connectivity index (χ2v) is 10.5. The molecule has 0 radical (unpaired) electrons. The summed E-state index contributed by atoms with van der Waals surface area (Å²) in [7, 11) is 0. The molecule has 2 amide bonds. The summed E-state index contributed by atoms with van der Waals surface area (Å²) in [4.78, 5) is 22.0. The normalized spacial score (nSPS) is 18.8. The molecule has 0 bridgehead atoms. The third kappa shape index (κ3) is 6.00. The molecule has 2 fully saturated rings. The first-order valence-corrected chi connectivity index (χ1v) is 12.5. The molecule has 2 aliphatic heterocycles. The van der Waals surface area contributed by atoms with Gasteiger partial charge in [-0.2, -0.15) is 0 Å². The third-order valence-corrected chi connectivity index (χ3v) is 6.60. The molecule has 4 rings (SSSR count). The highest BCUT2D eigenvalue weighted by Crippen LogP contribution is 2.32. The second-order valence-electron chi connectivity index (χ2n) is 10.5. The number of urea groups is 1.